The first-order chi connectivity index (χ1) is 8.54. The van der Waals surface area contributed by atoms with Crippen molar-refractivity contribution >= 4 is 5.91 Å². The highest BCUT2D eigenvalue weighted by molar-refractivity contribution is 5.76. The number of nitrogens with two attached hydrogens (primary N) is 1. The maximum Gasteiger partial charge on any atom is 0.223 e. The van der Waals surface area contributed by atoms with Crippen molar-refractivity contribution in [2.45, 2.75) is 25.8 Å². The summed E-state index contributed by atoms with van der Waals surface area (Å²) < 4.78 is 5.28. The van der Waals surface area contributed by atoms with E-state index in [0.29, 0.717) is 13.0 Å². The van der Waals surface area contributed by atoms with Crippen LogP contribution in [-0.4, -0.2) is 37.6 Å². The average Bonchev–Trinajstić information content (AvgIpc) is 2.35. The molecule has 100 valence electrons. The van der Waals surface area contributed by atoms with Gasteiger partial charge in [0, 0.05) is 26.1 Å². The molecule has 1 aromatic carbocycles. The Labute approximate surface area is 109 Å². The van der Waals surface area contributed by atoms with Crippen LogP contribution in [0.2, 0.25) is 0 Å². The number of hydrogen-bond donors (Lipinski definition) is 1. The number of carbonyl (C=O) groups excluding carboxylic acids is 1. The van der Waals surface area contributed by atoms with Crippen LogP contribution in [0.3, 0.4) is 0 Å². The summed E-state index contributed by atoms with van der Waals surface area (Å²) in [5, 5.41) is 0. The zero-order valence-corrected chi connectivity index (χ0v) is 11.3. The minimum Gasteiger partial charge on any atom is -0.496 e. The molecule has 1 amide bonds. The van der Waals surface area contributed by atoms with Crippen LogP contribution in [0, 0.1) is 0 Å². The molecule has 1 atom stereocenters. The van der Waals surface area contributed by atoms with Gasteiger partial charge in [-0.1, -0.05) is 18.2 Å². The number of ether oxygens (including phenoxy) is 1. The Kier molecular flexibility index (Phi) is 5.65. The average molecular weight is 250 g/mol. The predicted molar refractivity (Wildman–Crippen MR) is 72.6 cm³/mol. The zero-order valence-electron chi connectivity index (χ0n) is 11.3. The van der Waals surface area contributed by atoms with Gasteiger partial charge in [0.15, 0.2) is 0 Å². The van der Waals surface area contributed by atoms with E-state index in [4.69, 9.17) is 10.5 Å². The maximum atomic E-state index is 11.7. The zero-order chi connectivity index (χ0) is 13.5. The second kappa shape index (κ2) is 7.01. The van der Waals surface area contributed by atoms with Crippen LogP contribution < -0.4 is 10.5 Å². The third kappa shape index (κ3) is 4.37. The van der Waals surface area contributed by atoms with Crippen molar-refractivity contribution in [3.8, 4) is 5.75 Å². The molecule has 0 saturated carbocycles. The Bertz CT molecular complexity index is 391. The van der Waals surface area contributed by atoms with Gasteiger partial charge < -0.3 is 15.4 Å². The Morgan fingerprint density at radius 2 is 2.11 bits per heavy atom. The summed E-state index contributed by atoms with van der Waals surface area (Å²) in [5.74, 6) is 0.949. The van der Waals surface area contributed by atoms with Crippen LogP contribution in [0.1, 0.15) is 18.9 Å². The lowest BCUT2D eigenvalue weighted by atomic mass is 10.1. The number of nitrogens with zero attached hydrogens (tertiary/aromatic N) is 1. The molecule has 1 aromatic rings. The molecule has 0 aliphatic carbocycles. The third-order valence-corrected chi connectivity index (χ3v) is 2.83. The summed E-state index contributed by atoms with van der Waals surface area (Å²) in [7, 11) is 3.46. The lowest BCUT2D eigenvalue weighted by Gasteiger charge is -2.19. The monoisotopic (exact) mass is 250 g/mol. The van der Waals surface area contributed by atoms with Gasteiger partial charge in [-0.2, -0.15) is 0 Å². The summed E-state index contributed by atoms with van der Waals surface area (Å²) in [6.07, 6.45) is 1.17. The van der Waals surface area contributed by atoms with Crippen molar-refractivity contribution in [3.05, 3.63) is 29.8 Å². The minimum absolute atomic E-state index is 0.0832. The van der Waals surface area contributed by atoms with Crippen molar-refractivity contribution in [1.29, 1.82) is 0 Å². The Hall–Kier alpha value is -1.55. The van der Waals surface area contributed by atoms with E-state index in [1.54, 1.807) is 19.1 Å². The minimum atomic E-state index is -0.0915. The highest BCUT2D eigenvalue weighted by atomic mass is 16.5. The number of benzene rings is 1. The van der Waals surface area contributed by atoms with Crippen LogP contribution in [0.4, 0.5) is 0 Å². The molecule has 0 aliphatic heterocycles. The lowest BCUT2D eigenvalue weighted by Crippen LogP contribution is -2.33. The van der Waals surface area contributed by atoms with Gasteiger partial charge in [-0.3, -0.25) is 4.79 Å². The maximum absolute atomic E-state index is 11.7. The lowest BCUT2D eigenvalue weighted by molar-refractivity contribution is -0.130. The number of rotatable bonds is 6. The number of para-hydroxylation sites is 1. The number of methoxy groups -OCH3 is 1. The number of likely N-dealkylation sites (N-methyl/N-ethyl adjacent to an activating group) is 1. The second-order valence-corrected chi connectivity index (χ2v) is 4.56. The molecule has 0 spiro atoms. The fraction of sp³-hybridized carbons (Fsp3) is 0.500. The van der Waals surface area contributed by atoms with Crippen molar-refractivity contribution in [2.75, 3.05) is 20.7 Å². The van der Waals surface area contributed by atoms with Crippen LogP contribution >= 0.6 is 0 Å². The third-order valence-electron chi connectivity index (χ3n) is 2.83. The van der Waals surface area contributed by atoms with E-state index < -0.39 is 0 Å². The molecule has 1 unspecified atom stereocenters. The van der Waals surface area contributed by atoms with Gasteiger partial charge >= 0.3 is 0 Å². The number of carbonyl (C=O) groups is 1. The first kappa shape index (κ1) is 14.5. The van der Waals surface area contributed by atoms with Gasteiger partial charge in [0.2, 0.25) is 5.91 Å². The summed E-state index contributed by atoms with van der Waals surface area (Å²) in [6.45, 7) is 2.51. The van der Waals surface area contributed by atoms with E-state index in [1.807, 2.05) is 31.2 Å². The topological polar surface area (TPSA) is 55.6 Å². The van der Waals surface area contributed by atoms with Gasteiger partial charge in [-0.15, -0.1) is 0 Å². The summed E-state index contributed by atoms with van der Waals surface area (Å²) >= 11 is 0. The molecule has 0 aliphatic rings. The van der Waals surface area contributed by atoms with Gasteiger partial charge in [-0.25, -0.2) is 0 Å². The molecule has 0 saturated heterocycles. The van der Waals surface area contributed by atoms with Crippen LogP contribution in [0.15, 0.2) is 24.3 Å². The van der Waals surface area contributed by atoms with Crippen molar-refractivity contribution in [1.82, 2.24) is 4.90 Å². The smallest absolute Gasteiger partial charge is 0.223 e. The quantitative estimate of drug-likeness (QED) is 0.831. The second-order valence-electron chi connectivity index (χ2n) is 4.56. The van der Waals surface area contributed by atoms with Gasteiger partial charge in [-0.05, 0) is 25.0 Å². The molecular weight excluding hydrogens is 228 g/mol. The summed E-state index contributed by atoms with van der Waals surface area (Å²) in [6, 6.07) is 7.77. The van der Waals surface area contributed by atoms with Crippen LogP contribution in [0.25, 0.3) is 0 Å². The molecule has 0 aromatic heterocycles. The molecule has 0 bridgehead atoms. The van der Waals surface area contributed by atoms with E-state index in [1.165, 1.54) is 0 Å². The van der Waals surface area contributed by atoms with Crippen molar-refractivity contribution in [2.24, 2.45) is 5.73 Å². The van der Waals surface area contributed by atoms with Crippen molar-refractivity contribution < 1.29 is 9.53 Å². The molecule has 18 heavy (non-hydrogen) atoms. The molecule has 1 rings (SSSR count). The molecule has 4 heteroatoms. The van der Waals surface area contributed by atoms with E-state index in [2.05, 4.69) is 0 Å². The molecule has 0 fully saturated rings. The van der Waals surface area contributed by atoms with E-state index in [0.717, 1.165) is 17.7 Å². The Balaban J connectivity index is 2.51. The first-order valence-electron chi connectivity index (χ1n) is 6.16. The van der Waals surface area contributed by atoms with Gasteiger partial charge in [0.1, 0.15) is 5.75 Å². The molecule has 4 nitrogen and oxygen atoms in total. The standard InChI is InChI=1S/C14H22N2O2/c1-11(15)10-14(17)16(2)9-8-12-6-4-5-7-13(12)18-3/h4-7,11H,8-10,15H2,1-3H3. The number of amides is 1. The van der Waals surface area contributed by atoms with Crippen LogP contribution in [0.5, 0.6) is 5.75 Å². The van der Waals surface area contributed by atoms with E-state index in [-0.39, 0.29) is 11.9 Å². The molecular formula is C14H22N2O2. The predicted octanol–water partition coefficient (Wildman–Crippen LogP) is 1.43. The van der Waals surface area contributed by atoms with E-state index >= 15 is 0 Å². The Morgan fingerprint density at radius 1 is 1.44 bits per heavy atom. The fourth-order valence-electron chi connectivity index (χ4n) is 1.75. The first-order valence-corrected chi connectivity index (χ1v) is 6.16. The molecule has 0 heterocycles. The number of hydrogen-bond acceptors (Lipinski definition) is 3. The van der Waals surface area contributed by atoms with Crippen LogP contribution in [-0.2, 0) is 11.2 Å². The SMILES string of the molecule is COc1ccccc1CCN(C)C(=O)CC(C)N. The van der Waals surface area contributed by atoms with Gasteiger partial charge in [0.25, 0.3) is 0 Å². The highest BCUT2D eigenvalue weighted by Gasteiger charge is 2.11. The Morgan fingerprint density at radius 3 is 2.72 bits per heavy atom. The summed E-state index contributed by atoms with van der Waals surface area (Å²) in [5.41, 5.74) is 6.73. The normalized spacial score (nSPS) is 12.0. The highest BCUT2D eigenvalue weighted by Crippen LogP contribution is 2.17. The van der Waals surface area contributed by atoms with Gasteiger partial charge in [0.05, 0.1) is 7.11 Å². The largest absolute Gasteiger partial charge is 0.496 e. The fourth-order valence-corrected chi connectivity index (χ4v) is 1.75. The van der Waals surface area contributed by atoms with Crippen molar-refractivity contribution in [3.63, 3.8) is 0 Å². The molecule has 2 N–H and O–H groups in total. The summed E-state index contributed by atoms with van der Waals surface area (Å²) in [4.78, 5) is 13.5. The molecule has 0 radical (unpaired) electrons. The van der Waals surface area contributed by atoms with E-state index in [9.17, 15) is 4.79 Å².